The van der Waals surface area contributed by atoms with E-state index in [0.717, 1.165) is 24.7 Å². The summed E-state index contributed by atoms with van der Waals surface area (Å²) in [5.41, 5.74) is 1.08. The van der Waals surface area contributed by atoms with Gasteiger partial charge in [0.2, 0.25) is 0 Å². The highest BCUT2D eigenvalue weighted by Gasteiger charge is 2.09. The Balaban J connectivity index is 0.000000605. The minimum Gasteiger partial charge on any atom is -0.372 e. The van der Waals surface area contributed by atoms with Gasteiger partial charge in [0.05, 0.1) is 12.3 Å². The largest absolute Gasteiger partial charge is 0.372 e. The zero-order valence-corrected chi connectivity index (χ0v) is 6.00. The number of aryl methyl sites for hydroxylation is 1. The molecule has 0 aliphatic carbocycles. The summed E-state index contributed by atoms with van der Waals surface area (Å²) in [6.07, 6.45) is 2.07. The highest BCUT2D eigenvalue weighted by atomic mass is 16.5. The van der Waals surface area contributed by atoms with Crippen molar-refractivity contribution in [1.29, 1.82) is 0 Å². The Morgan fingerprint density at radius 1 is 1.64 bits per heavy atom. The first kappa shape index (κ1) is 8.27. The lowest BCUT2D eigenvalue weighted by atomic mass is 10.5. The molecule has 1 aromatic rings. The van der Waals surface area contributed by atoms with Crippen molar-refractivity contribution in [1.82, 2.24) is 9.55 Å². The van der Waals surface area contributed by atoms with Crippen LogP contribution in [0.2, 0.25) is 0 Å². The van der Waals surface area contributed by atoms with Crippen molar-refractivity contribution in [3.05, 3.63) is 17.7 Å². The average molecular weight is 154 g/mol. The lowest BCUT2D eigenvalue weighted by Gasteiger charge is -2.13. The van der Waals surface area contributed by atoms with Gasteiger partial charge in [0, 0.05) is 12.7 Å². The van der Waals surface area contributed by atoms with Crippen LogP contribution in [0.25, 0.3) is 0 Å². The quantitative estimate of drug-likeness (QED) is 0.564. The summed E-state index contributed by atoms with van der Waals surface area (Å²) in [6.45, 7) is 4.46. The number of aromatic nitrogens is 2. The molecule has 0 saturated heterocycles. The van der Waals surface area contributed by atoms with Gasteiger partial charge in [0.15, 0.2) is 0 Å². The Labute approximate surface area is 67.0 Å². The van der Waals surface area contributed by atoms with Gasteiger partial charge in [-0.3, -0.25) is 0 Å². The molecule has 0 fully saturated rings. The molecule has 1 aromatic heterocycles. The van der Waals surface area contributed by atoms with Gasteiger partial charge >= 0.3 is 0 Å². The van der Waals surface area contributed by atoms with Crippen LogP contribution >= 0.6 is 0 Å². The molecule has 0 saturated carbocycles. The minimum absolute atomic E-state index is 0. The Morgan fingerprint density at radius 3 is 3.18 bits per heavy atom. The molecule has 0 atom stereocenters. The van der Waals surface area contributed by atoms with Crippen molar-refractivity contribution < 1.29 is 4.74 Å². The van der Waals surface area contributed by atoms with Gasteiger partial charge < -0.3 is 9.30 Å². The number of hydrogen-bond acceptors (Lipinski definition) is 2. The predicted molar refractivity (Wildman–Crippen MR) is 43.4 cm³/mol. The number of ether oxygens (including phenoxy) is 1. The third-order valence-electron chi connectivity index (χ3n) is 1.69. The normalized spacial score (nSPS) is 15.4. The Kier molecular flexibility index (Phi) is 2.29. The highest BCUT2D eigenvalue weighted by molar-refractivity contribution is 5.02. The monoisotopic (exact) mass is 154 g/mol. The van der Waals surface area contributed by atoms with E-state index < -0.39 is 0 Å². The minimum atomic E-state index is 0. The summed E-state index contributed by atoms with van der Waals surface area (Å²) < 4.78 is 7.38. The maximum absolute atomic E-state index is 5.23. The van der Waals surface area contributed by atoms with Gasteiger partial charge in [-0.05, 0) is 6.92 Å². The number of rotatable bonds is 0. The van der Waals surface area contributed by atoms with E-state index in [4.69, 9.17) is 4.74 Å². The Morgan fingerprint density at radius 2 is 2.45 bits per heavy atom. The van der Waals surface area contributed by atoms with Crippen LogP contribution in [0.4, 0.5) is 0 Å². The fraction of sp³-hybridized carbons (Fsp3) is 0.625. The van der Waals surface area contributed by atoms with Crippen LogP contribution in [0.15, 0.2) is 6.20 Å². The van der Waals surface area contributed by atoms with Crippen molar-refractivity contribution in [2.75, 3.05) is 6.61 Å². The summed E-state index contributed by atoms with van der Waals surface area (Å²) in [5, 5.41) is 0. The van der Waals surface area contributed by atoms with E-state index in [1.54, 1.807) is 0 Å². The molecule has 0 unspecified atom stereocenters. The fourth-order valence-corrected chi connectivity index (χ4v) is 1.23. The maximum Gasteiger partial charge on any atom is 0.135 e. The molecule has 0 N–H and O–H groups in total. The maximum atomic E-state index is 5.23. The molecule has 0 bridgehead atoms. The van der Waals surface area contributed by atoms with Crippen LogP contribution < -0.4 is 0 Å². The Bertz CT molecular complexity index is 219. The zero-order valence-electron chi connectivity index (χ0n) is 6.00. The molecule has 0 aromatic carbocycles. The molecular weight excluding hydrogens is 140 g/mol. The first-order chi connectivity index (χ1) is 4.86. The van der Waals surface area contributed by atoms with E-state index in [-0.39, 0.29) is 7.43 Å². The van der Waals surface area contributed by atoms with E-state index in [2.05, 4.69) is 15.7 Å². The molecule has 3 nitrogen and oxygen atoms in total. The van der Waals surface area contributed by atoms with Crippen LogP contribution in [-0.4, -0.2) is 16.2 Å². The lowest BCUT2D eigenvalue weighted by Crippen LogP contribution is -2.15. The third-order valence-corrected chi connectivity index (χ3v) is 1.69. The molecule has 1 aliphatic heterocycles. The second kappa shape index (κ2) is 3.05. The number of nitrogens with zero attached hydrogens (tertiary/aromatic N) is 2. The lowest BCUT2D eigenvalue weighted by molar-refractivity contribution is 0.0816. The van der Waals surface area contributed by atoms with Crippen molar-refractivity contribution >= 4 is 0 Å². The van der Waals surface area contributed by atoms with Gasteiger partial charge in [0.25, 0.3) is 0 Å². The molecule has 0 radical (unpaired) electrons. The van der Waals surface area contributed by atoms with Crippen LogP contribution in [0.5, 0.6) is 0 Å². The second-order valence-corrected chi connectivity index (χ2v) is 2.54. The molecule has 2 rings (SSSR count). The van der Waals surface area contributed by atoms with Gasteiger partial charge in [-0.1, -0.05) is 7.43 Å². The molecule has 0 spiro atoms. The first-order valence-electron chi connectivity index (χ1n) is 3.46. The average Bonchev–Trinajstić information content (AvgIpc) is 2.27. The molecule has 3 heteroatoms. The Hall–Kier alpha value is -0.830. The standard InChI is InChI=1S/C7H10N2O.CH4/c1-6-4-9-2-3-10-5-7(9)8-6;/h4H,2-3,5H2,1H3;1H4. The summed E-state index contributed by atoms with van der Waals surface area (Å²) >= 11 is 0. The smallest absolute Gasteiger partial charge is 0.135 e. The highest BCUT2D eigenvalue weighted by Crippen LogP contribution is 2.08. The van der Waals surface area contributed by atoms with Crippen molar-refractivity contribution in [3.63, 3.8) is 0 Å². The van der Waals surface area contributed by atoms with Gasteiger partial charge in [-0.15, -0.1) is 0 Å². The first-order valence-corrected chi connectivity index (χ1v) is 3.46. The zero-order chi connectivity index (χ0) is 6.97. The summed E-state index contributed by atoms with van der Waals surface area (Å²) in [6, 6.07) is 0. The third kappa shape index (κ3) is 1.43. The number of fused-ring (bicyclic) bond motifs is 1. The number of imidazole rings is 1. The van der Waals surface area contributed by atoms with Gasteiger partial charge in [-0.2, -0.15) is 0 Å². The molecular formula is C8H14N2O. The van der Waals surface area contributed by atoms with Crippen LogP contribution in [0, 0.1) is 6.92 Å². The predicted octanol–water partition coefficient (Wildman–Crippen LogP) is 1.36. The molecule has 1 aliphatic rings. The SMILES string of the molecule is C.Cc1cn2c(n1)COCC2. The van der Waals surface area contributed by atoms with Crippen LogP contribution in [0.3, 0.4) is 0 Å². The van der Waals surface area contributed by atoms with E-state index >= 15 is 0 Å². The van der Waals surface area contributed by atoms with Crippen LogP contribution in [-0.2, 0) is 17.9 Å². The summed E-state index contributed by atoms with van der Waals surface area (Å²) in [7, 11) is 0. The molecule has 62 valence electrons. The topological polar surface area (TPSA) is 27.1 Å². The van der Waals surface area contributed by atoms with Crippen molar-refractivity contribution in [2.45, 2.75) is 27.5 Å². The molecule has 2 heterocycles. The summed E-state index contributed by atoms with van der Waals surface area (Å²) in [4.78, 5) is 4.29. The molecule has 0 amide bonds. The van der Waals surface area contributed by atoms with Gasteiger partial charge in [0.1, 0.15) is 12.4 Å². The van der Waals surface area contributed by atoms with E-state index in [0.29, 0.717) is 6.61 Å². The molecule has 11 heavy (non-hydrogen) atoms. The van der Waals surface area contributed by atoms with Gasteiger partial charge in [-0.25, -0.2) is 4.98 Å². The number of hydrogen-bond donors (Lipinski definition) is 0. The fourth-order valence-electron chi connectivity index (χ4n) is 1.23. The van der Waals surface area contributed by atoms with Crippen molar-refractivity contribution in [3.8, 4) is 0 Å². The summed E-state index contributed by atoms with van der Waals surface area (Å²) in [5.74, 6) is 1.06. The van der Waals surface area contributed by atoms with E-state index in [9.17, 15) is 0 Å². The van der Waals surface area contributed by atoms with Crippen LogP contribution in [0.1, 0.15) is 18.9 Å². The van der Waals surface area contributed by atoms with E-state index in [1.807, 2.05) is 6.92 Å². The van der Waals surface area contributed by atoms with E-state index in [1.165, 1.54) is 0 Å². The van der Waals surface area contributed by atoms with Crippen molar-refractivity contribution in [2.24, 2.45) is 0 Å². The second-order valence-electron chi connectivity index (χ2n) is 2.54.